The minimum Gasteiger partial charge on any atom is -0.478 e. The fraction of sp³-hybridized carbons (Fsp3) is 0.702. The molecule has 2 aliphatic carbocycles. The number of aromatic amines is 1. The number of benzene rings is 1. The van der Waals surface area contributed by atoms with Crippen molar-refractivity contribution in [2.24, 2.45) is 11.8 Å². The summed E-state index contributed by atoms with van der Waals surface area (Å²) in [6, 6.07) is 7.31. The molecule has 3 aromatic rings. The number of carboxylic acid groups (broad SMARTS) is 1. The molecule has 18 nitrogen and oxygen atoms in total. The van der Waals surface area contributed by atoms with Crippen LogP contribution in [0.1, 0.15) is 69.8 Å². The van der Waals surface area contributed by atoms with E-state index in [0.29, 0.717) is 160 Å². The summed E-state index contributed by atoms with van der Waals surface area (Å²) in [5.74, 6) is 0.240. The van der Waals surface area contributed by atoms with Crippen LogP contribution in [0.3, 0.4) is 0 Å². The van der Waals surface area contributed by atoms with Crippen LogP contribution in [0, 0.1) is 11.8 Å². The predicted octanol–water partition coefficient (Wildman–Crippen LogP) is 4.57. The minimum absolute atomic E-state index is 0.0322. The SMILES string of the molecule is COCCOCCOCCOCCOCCOCCOCCOCCOCCO.O=C(O)/C=C/c1cccc(-c2nc3c([nH]2)c(=O)n(CC2CCCCC2)c(=O)n3CC2CCCCC2)c1. The second kappa shape index (κ2) is 33.6. The number of carbonyl (C=O) groups is 1. The number of fused-ring (bicyclic) bond motifs is 1. The lowest BCUT2D eigenvalue weighted by Crippen LogP contribution is -2.42. The van der Waals surface area contributed by atoms with Gasteiger partial charge in [-0.1, -0.05) is 56.7 Å². The number of methoxy groups -OCH3 is 1. The van der Waals surface area contributed by atoms with E-state index >= 15 is 0 Å². The Morgan fingerprint density at radius 1 is 0.662 bits per heavy atom. The van der Waals surface area contributed by atoms with Gasteiger partial charge >= 0.3 is 11.7 Å². The van der Waals surface area contributed by atoms with Gasteiger partial charge in [0.05, 0.1) is 119 Å². The first-order valence-corrected chi connectivity index (χ1v) is 23.4. The molecule has 2 fully saturated rings. The number of ether oxygens (including phenoxy) is 9. The second-order valence-corrected chi connectivity index (χ2v) is 16.0. The molecule has 0 amide bonds. The number of carboxylic acids is 1. The number of nitrogens with one attached hydrogen (secondary N) is 1. The molecule has 18 heteroatoms. The molecule has 0 atom stereocenters. The summed E-state index contributed by atoms with van der Waals surface area (Å²) < 4.78 is 50.6. The molecule has 3 N–H and O–H groups in total. The monoisotopic (exact) mass is 919 g/mol. The molecule has 366 valence electrons. The number of H-pyrrole nitrogens is 1. The van der Waals surface area contributed by atoms with Gasteiger partial charge in [-0.15, -0.1) is 0 Å². The van der Waals surface area contributed by atoms with Crippen molar-refractivity contribution in [2.75, 3.05) is 126 Å². The summed E-state index contributed by atoms with van der Waals surface area (Å²) in [6.07, 6.45) is 14.0. The Labute approximate surface area is 382 Å². The molecule has 1 aromatic carbocycles. The van der Waals surface area contributed by atoms with Crippen LogP contribution in [0.5, 0.6) is 0 Å². The number of rotatable bonds is 33. The molecule has 0 spiro atoms. The number of hydrogen-bond acceptors (Lipinski definition) is 14. The van der Waals surface area contributed by atoms with Crippen molar-refractivity contribution in [3.05, 3.63) is 56.7 Å². The summed E-state index contributed by atoms with van der Waals surface area (Å²) in [4.78, 5) is 46.1. The minimum atomic E-state index is -1.02. The van der Waals surface area contributed by atoms with Gasteiger partial charge in [0.1, 0.15) is 11.3 Å². The fourth-order valence-corrected chi connectivity index (χ4v) is 7.69. The molecule has 2 saturated carbocycles. The van der Waals surface area contributed by atoms with Gasteiger partial charge in [-0.05, 0) is 55.2 Å². The first kappa shape index (κ1) is 53.8. The zero-order chi connectivity index (χ0) is 46.2. The smallest absolute Gasteiger partial charge is 0.332 e. The number of imidazole rings is 1. The number of nitrogens with zero attached hydrogens (tertiary/aromatic N) is 3. The Kier molecular flexibility index (Phi) is 27.8. The quantitative estimate of drug-likeness (QED) is 0.0564. The molecule has 2 aromatic heterocycles. The Morgan fingerprint density at radius 3 is 1.55 bits per heavy atom. The van der Waals surface area contributed by atoms with E-state index in [9.17, 15) is 14.4 Å². The van der Waals surface area contributed by atoms with Crippen molar-refractivity contribution in [1.82, 2.24) is 19.1 Å². The third-order valence-corrected chi connectivity index (χ3v) is 11.0. The Balaban J connectivity index is 0.000000293. The molecule has 0 radical (unpaired) electrons. The zero-order valence-corrected chi connectivity index (χ0v) is 38.5. The van der Waals surface area contributed by atoms with Crippen LogP contribution in [0.4, 0.5) is 0 Å². The van der Waals surface area contributed by atoms with Gasteiger partial charge in [0.2, 0.25) is 0 Å². The lowest BCUT2D eigenvalue weighted by Gasteiger charge is -2.24. The number of aliphatic hydroxyl groups is 1. The third-order valence-electron chi connectivity index (χ3n) is 11.0. The topological polar surface area (TPSA) is 213 Å². The zero-order valence-electron chi connectivity index (χ0n) is 38.5. The van der Waals surface area contributed by atoms with Crippen LogP contribution in [-0.2, 0) is 60.5 Å². The fourth-order valence-electron chi connectivity index (χ4n) is 7.69. The number of hydrogen-bond donors (Lipinski definition) is 3. The Morgan fingerprint density at radius 2 is 1.11 bits per heavy atom. The maximum absolute atomic E-state index is 13.7. The van der Waals surface area contributed by atoms with Gasteiger partial charge in [-0.2, -0.15) is 0 Å². The lowest BCUT2D eigenvalue weighted by atomic mass is 9.89. The second-order valence-electron chi connectivity index (χ2n) is 16.0. The van der Waals surface area contributed by atoms with Crippen molar-refractivity contribution in [2.45, 2.75) is 77.3 Å². The normalized spacial score (nSPS) is 14.9. The van der Waals surface area contributed by atoms with Gasteiger partial charge < -0.3 is 57.8 Å². The van der Waals surface area contributed by atoms with Gasteiger partial charge in [0.15, 0.2) is 5.65 Å². The van der Waals surface area contributed by atoms with Crippen molar-refractivity contribution < 1.29 is 57.6 Å². The van der Waals surface area contributed by atoms with Crippen LogP contribution >= 0.6 is 0 Å². The van der Waals surface area contributed by atoms with Gasteiger partial charge in [-0.3, -0.25) is 13.9 Å². The molecule has 2 heterocycles. The van der Waals surface area contributed by atoms with Crippen molar-refractivity contribution in [1.29, 1.82) is 0 Å². The van der Waals surface area contributed by atoms with Crippen LogP contribution < -0.4 is 11.2 Å². The van der Waals surface area contributed by atoms with Crippen LogP contribution in [-0.4, -0.2) is 161 Å². The van der Waals surface area contributed by atoms with Crippen molar-refractivity contribution >= 4 is 23.2 Å². The van der Waals surface area contributed by atoms with E-state index in [1.807, 2.05) is 24.3 Å². The number of aromatic nitrogens is 4. The summed E-state index contributed by atoms with van der Waals surface area (Å²) in [6.45, 7) is 9.94. The summed E-state index contributed by atoms with van der Waals surface area (Å²) in [5.41, 5.74) is 1.67. The molecule has 0 bridgehead atoms. The van der Waals surface area contributed by atoms with Crippen LogP contribution in [0.25, 0.3) is 28.6 Å². The molecule has 2 aliphatic rings. The summed E-state index contributed by atoms with van der Waals surface area (Å²) in [5, 5.41) is 17.5. The summed E-state index contributed by atoms with van der Waals surface area (Å²) >= 11 is 0. The van der Waals surface area contributed by atoms with E-state index in [1.54, 1.807) is 11.7 Å². The highest BCUT2D eigenvalue weighted by Crippen LogP contribution is 2.27. The average molecular weight is 919 g/mol. The van der Waals surface area contributed by atoms with Gasteiger partial charge in [-0.25, -0.2) is 14.6 Å². The largest absolute Gasteiger partial charge is 0.478 e. The Bertz CT molecular complexity index is 1840. The highest BCUT2D eigenvalue weighted by atomic mass is 16.6. The number of aliphatic hydroxyl groups excluding tert-OH is 1. The molecular weight excluding hydrogens is 845 g/mol. The van der Waals surface area contributed by atoms with Gasteiger partial charge in [0, 0.05) is 31.8 Å². The van der Waals surface area contributed by atoms with Crippen molar-refractivity contribution in [3.63, 3.8) is 0 Å². The molecule has 0 aliphatic heterocycles. The molecule has 5 rings (SSSR count). The van der Waals surface area contributed by atoms with E-state index < -0.39 is 5.97 Å². The van der Waals surface area contributed by atoms with E-state index in [4.69, 9.17) is 57.8 Å². The van der Waals surface area contributed by atoms with Crippen LogP contribution in [0.2, 0.25) is 0 Å². The molecule has 65 heavy (non-hydrogen) atoms. The van der Waals surface area contributed by atoms with E-state index in [-0.39, 0.29) is 17.9 Å². The van der Waals surface area contributed by atoms with E-state index in [1.165, 1.54) is 36.3 Å². The summed E-state index contributed by atoms with van der Waals surface area (Å²) in [7, 11) is 1.64. The molecule has 0 unspecified atom stereocenters. The third kappa shape index (κ3) is 21.6. The van der Waals surface area contributed by atoms with Gasteiger partial charge in [0.25, 0.3) is 5.56 Å². The highest BCUT2D eigenvalue weighted by molar-refractivity contribution is 5.85. The van der Waals surface area contributed by atoms with E-state index in [0.717, 1.165) is 50.2 Å². The van der Waals surface area contributed by atoms with Crippen LogP contribution in [0.15, 0.2) is 39.9 Å². The predicted molar refractivity (Wildman–Crippen MR) is 245 cm³/mol. The number of aliphatic carboxylic acids is 1. The standard InChI is InChI=1S/C28H34N4O4.C19H40O10/c33-23(34)15-14-19-12-7-13-22(16-19)25-29-24-26(30-25)31(17-20-8-3-1-4-9-20)28(36)32(27(24)35)18-21-10-5-2-6-11-21;1-21-4-5-23-8-9-25-12-13-27-16-17-29-19-18-28-15-14-26-11-10-24-7-6-22-3-2-20/h7,12-16,20-21H,1-6,8-11,17-18H2,(H,29,30)(H,33,34);20H,2-19H2,1H3/b15-14+;. The molecule has 0 saturated heterocycles. The maximum Gasteiger partial charge on any atom is 0.332 e. The average Bonchev–Trinajstić information content (AvgIpc) is 3.78. The van der Waals surface area contributed by atoms with E-state index in [2.05, 4.69) is 4.98 Å². The Hall–Kier alpha value is -3.82. The first-order chi connectivity index (χ1) is 31.9. The maximum atomic E-state index is 13.7. The lowest BCUT2D eigenvalue weighted by molar-refractivity contribution is -0.131. The highest BCUT2D eigenvalue weighted by Gasteiger charge is 2.24. The first-order valence-electron chi connectivity index (χ1n) is 23.4. The van der Waals surface area contributed by atoms with Crippen molar-refractivity contribution in [3.8, 4) is 11.4 Å². The molecular formula is C47H74N4O14.